The number of likely N-dealkylation sites (N-methyl/N-ethyl adjacent to an activating group) is 1. The van der Waals surface area contributed by atoms with Crippen LogP contribution in [0.5, 0.6) is 5.75 Å². The van der Waals surface area contributed by atoms with Gasteiger partial charge in [-0.1, -0.05) is 22.9 Å². The molecule has 1 aromatic rings. The number of rotatable bonds is 4. The van der Waals surface area contributed by atoms with E-state index in [9.17, 15) is 9.59 Å². The van der Waals surface area contributed by atoms with Gasteiger partial charge in [0, 0.05) is 17.1 Å². The molecule has 0 aliphatic carbocycles. The minimum atomic E-state index is -0.276. The Kier molecular flexibility index (Phi) is 4.88. The van der Waals surface area contributed by atoms with E-state index < -0.39 is 0 Å². The second-order valence-electron chi connectivity index (χ2n) is 4.27. The fourth-order valence-electron chi connectivity index (χ4n) is 1.66. The Bertz CT molecular complexity index is 586. The Balaban J connectivity index is 2.34. The normalized spacial score (nSPS) is 17.1. The van der Waals surface area contributed by atoms with Gasteiger partial charge in [-0.25, -0.2) is 0 Å². The summed E-state index contributed by atoms with van der Waals surface area (Å²) in [6, 6.07) is 5.60. The van der Waals surface area contributed by atoms with Crippen LogP contribution in [0.2, 0.25) is 0 Å². The fraction of sp³-hybridized carbons (Fsp3) is 0.286. The minimum Gasteiger partial charge on any atom is -0.493 e. The highest BCUT2D eigenvalue weighted by atomic mass is 79.9. The molecule has 4 nitrogen and oxygen atoms in total. The molecule has 0 radical (unpaired) electrons. The highest BCUT2D eigenvalue weighted by Crippen LogP contribution is 2.34. The molecular weight excluding hydrogens is 342 g/mol. The van der Waals surface area contributed by atoms with Gasteiger partial charge < -0.3 is 4.74 Å². The molecule has 0 N–H and O–H groups in total. The van der Waals surface area contributed by atoms with Gasteiger partial charge in [0.1, 0.15) is 5.75 Å². The molecule has 0 atom stereocenters. The van der Waals surface area contributed by atoms with Crippen LogP contribution < -0.4 is 4.74 Å². The van der Waals surface area contributed by atoms with Gasteiger partial charge in [0.05, 0.1) is 11.5 Å². The standard InChI is InChI=1S/C14H14BrNO3S/c1-3-6-19-11-5-4-10(15)7-9(11)8-12-13(17)16(2)14(18)20-12/h4-5,7-8H,3,6H2,1-2H3/b12-8+. The number of thioether (sulfide) groups is 1. The Morgan fingerprint density at radius 2 is 2.15 bits per heavy atom. The first-order valence-corrected chi connectivity index (χ1v) is 7.77. The van der Waals surface area contributed by atoms with Gasteiger partial charge in [0.25, 0.3) is 11.1 Å². The Morgan fingerprint density at radius 3 is 2.75 bits per heavy atom. The van der Waals surface area contributed by atoms with Gasteiger partial charge in [0.2, 0.25) is 0 Å². The van der Waals surface area contributed by atoms with Gasteiger partial charge in [-0.15, -0.1) is 0 Å². The average molecular weight is 356 g/mol. The van der Waals surface area contributed by atoms with Crippen LogP contribution in [-0.4, -0.2) is 29.7 Å². The smallest absolute Gasteiger partial charge is 0.293 e. The van der Waals surface area contributed by atoms with Crippen molar-refractivity contribution in [2.75, 3.05) is 13.7 Å². The number of ether oxygens (including phenoxy) is 1. The first-order chi connectivity index (χ1) is 9.52. The first-order valence-electron chi connectivity index (χ1n) is 6.17. The predicted molar refractivity (Wildman–Crippen MR) is 83.7 cm³/mol. The molecule has 2 amide bonds. The maximum atomic E-state index is 11.9. The van der Waals surface area contributed by atoms with Crippen LogP contribution in [0.1, 0.15) is 18.9 Å². The number of carbonyl (C=O) groups is 2. The maximum Gasteiger partial charge on any atom is 0.293 e. The van der Waals surface area contributed by atoms with Crippen LogP contribution in [0.25, 0.3) is 6.08 Å². The van der Waals surface area contributed by atoms with Crippen LogP contribution >= 0.6 is 27.7 Å². The monoisotopic (exact) mass is 355 g/mol. The summed E-state index contributed by atoms with van der Waals surface area (Å²) in [4.78, 5) is 24.9. The summed E-state index contributed by atoms with van der Waals surface area (Å²) in [6.07, 6.45) is 2.60. The summed E-state index contributed by atoms with van der Waals surface area (Å²) in [5.74, 6) is 0.430. The molecule has 20 heavy (non-hydrogen) atoms. The molecular formula is C14H14BrNO3S. The third kappa shape index (κ3) is 3.24. The van der Waals surface area contributed by atoms with Gasteiger partial charge in [-0.3, -0.25) is 14.5 Å². The van der Waals surface area contributed by atoms with Crippen LogP contribution in [0.15, 0.2) is 27.6 Å². The summed E-state index contributed by atoms with van der Waals surface area (Å²) >= 11 is 4.34. The highest BCUT2D eigenvalue weighted by molar-refractivity contribution is 9.10. The van der Waals surface area contributed by atoms with Gasteiger partial charge >= 0.3 is 0 Å². The van der Waals surface area contributed by atoms with E-state index in [4.69, 9.17) is 4.74 Å². The average Bonchev–Trinajstić information content (AvgIpc) is 2.66. The van der Waals surface area contributed by atoms with Crippen molar-refractivity contribution in [2.45, 2.75) is 13.3 Å². The second kappa shape index (κ2) is 6.45. The third-order valence-electron chi connectivity index (χ3n) is 2.71. The number of benzene rings is 1. The molecule has 1 fully saturated rings. The van der Waals surface area contributed by atoms with Crippen LogP contribution in [-0.2, 0) is 4.79 Å². The van der Waals surface area contributed by atoms with E-state index in [1.165, 1.54) is 7.05 Å². The van der Waals surface area contributed by atoms with Crippen LogP contribution in [0.4, 0.5) is 4.79 Å². The molecule has 1 heterocycles. The van der Waals surface area contributed by atoms with Crippen molar-refractivity contribution in [3.63, 3.8) is 0 Å². The summed E-state index contributed by atoms with van der Waals surface area (Å²) in [5, 5.41) is -0.257. The molecule has 0 bridgehead atoms. The lowest BCUT2D eigenvalue weighted by Gasteiger charge is -2.09. The Labute approximate surface area is 130 Å². The van der Waals surface area contributed by atoms with Crippen LogP contribution in [0.3, 0.4) is 0 Å². The lowest BCUT2D eigenvalue weighted by atomic mass is 10.2. The van der Waals surface area contributed by atoms with Crippen molar-refractivity contribution in [1.29, 1.82) is 0 Å². The zero-order valence-electron chi connectivity index (χ0n) is 11.2. The summed E-state index contributed by atoms with van der Waals surface area (Å²) in [7, 11) is 1.48. The van der Waals surface area contributed by atoms with Crippen molar-refractivity contribution in [3.8, 4) is 5.75 Å². The van der Waals surface area contributed by atoms with E-state index in [0.29, 0.717) is 17.3 Å². The molecule has 0 aromatic heterocycles. The Morgan fingerprint density at radius 1 is 1.40 bits per heavy atom. The van der Waals surface area contributed by atoms with Crippen molar-refractivity contribution >= 4 is 44.9 Å². The molecule has 0 saturated carbocycles. The highest BCUT2D eigenvalue weighted by Gasteiger charge is 2.31. The molecule has 1 aliphatic heterocycles. The van der Waals surface area contributed by atoms with E-state index in [0.717, 1.165) is 33.1 Å². The molecule has 0 spiro atoms. The van der Waals surface area contributed by atoms with Crippen molar-refractivity contribution < 1.29 is 14.3 Å². The Hall–Kier alpha value is -1.27. The number of hydrogen-bond acceptors (Lipinski definition) is 4. The number of halogens is 1. The van der Waals surface area contributed by atoms with E-state index in [-0.39, 0.29) is 11.1 Å². The van der Waals surface area contributed by atoms with Crippen molar-refractivity contribution in [3.05, 3.63) is 33.1 Å². The van der Waals surface area contributed by atoms with E-state index in [2.05, 4.69) is 15.9 Å². The summed E-state index contributed by atoms with van der Waals surface area (Å²) < 4.78 is 6.55. The number of hydrogen-bond donors (Lipinski definition) is 0. The summed E-state index contributed by atoms with van der Waals surface area (Å²) in [5.41, 5.74) is 0.784. The molecule has 6 heteroatoms. The number of amides is 2. The van der Waals surface area contributed by atoms with E-state index in [1.54, 1.807) is 6.08 Å². The molecule has 0 unspecified atom stereocenters. The van der Waals surface area contributed by atoms with Crippen LogP contribution in [0, 0.1) is 0 Å². The predicted octanol–water partition coefficient (Wildman–Crippen LogP) is 3.90. The molecule has 106 valence electrons. The molecule has 1 saturated heterocycles. The van der Waals surface area contributed by atoms with Crippen molar-refractivity contribution in [1.82, 2.24) is 4.90 Å². The van der Waals surface area contributed by atoms with E-state index in [1.807, 2.05) is 25.1 Å². The molecule has 2 rings (SSSR count). The van der Waals surface area contributed by atoms with Crippen molar-refractivity contribution in [2.24, 2.45) is 0 Å². The first kappa shape index (κ1) is 15.1. The van der Waals surface area contributed by atoms with E-state index >= 15 is 0 Å². The lowest BCUT2D eigenvalue weighted by molar-refractivity contribution is -0.121. The quantitative estimate of drug-likeness (QED) is 0.768. The van der Waals surface area contributed by atoms with Gasteiger partial charge in [-0.05, 0) is 42.5 Å². The number of carbonyl (C=O) groups excluding carboxylic acids is 2. The topological polar surface area (TPSA) is 46.6 Å². The fourth-order valence-corrected chi connectivity index (χ4v) is 2.86. The largest absolute Gasteiger partial charge is 0.493 e. The SMILES string of the molecule is CCCOc1ccc(Br)cc1/C=C1/SC(=O)N(C)C1=O. The minimum absolute atomic E-state index is 0.257. The van der Waals surface area contributed by atoms with Gasteiger partial charge in [-0.2, -0.15) is 0 Å². The zero-order chi connectivity index (χ0) is 14.7. The van der Waals surface area contributed by atoms with Gasteiger partial charge in [0.15, 0.2) is 0 Å². The number of imide groups is 1. The molecule has 1 aromatic carbocycles. The third-order valence-corrected chi connectivity index (χ3v) is 4.16. The molecule has 1 aliphatic rings. The maximum absolute atomic E-state index is 11.9. The summed E-state index contributed by atoms with van der Waals surface area (Å²) in [6.45, 7) is 2.64. The second-order valence-corrected chi connectivity index (χ2v) is 6.18. The zero-order valence-corrected chi connectivity index (χ0v) is 13.6. The number of nitrogens with zero attached hydrogens (tertiary/aromatic N) is 1. The lowest BCUT2D eigenvalue weighted by Crippen LogP contribution is -2.22.